The Morgan fingerprint density at radius 1 is 1.21 bits per heavy atom. The molecule has 33 heavy (non-hydrogen) atoms. The van der Waals surface area contributed by atoms with E-state index in [1.807, 2.05) is 6.92 Å². The largest absolute Gasteiger partial charge is 0.475 e. The molecule has 5 aliphatic rings. The van der Waals surface area contributed by atoms with Gasteiger partial charge in [0.15, 0.2) is 17.2 Å². The highest BCUT2D eigenvalue weighted by Crippen LogP contribution is 2.74. The number of aliphatic hydroxyl groups is 1. The molecule has 4 fully saturated rings. The summed E-state index contributed by atoms with van der Waals surface area (Å²) in [6.07, 6.45) is 4.18. The zero-order valence-corrected chi connectivity index (χ0v) is 19.4. The van der Waals surface area contributed by atoms with Crippen LogP contribution in [0.25, 0.3) is 0 Å². The molecular weight excluding hydrogens is 431 g/mol. The van der Waals surface area contributed by atoms with Gasteiger partial charge < -0.3 is 19.7 Å². The number of carboxylic acid groups (broad SMARTS) is 1. The second kappa shape index (κ2) is 6.61. The number of ether oxygens (including phenoxy) is 2. The number of aliphatic hydroxyl groups excluding tert-OH is 1. The molecule has 0 amide bonds. The van der Waals surface area contributed by atoms with Gasteiger partial charge in [-0.05, 0) is 63.5 Å². The van der Waals surface area contributed by atoms with Crippen molar-refractivity contribution < 1.29 is 38.5 Å². The van der Waals surface area contributed by atoms with E-state index >= 15 is 4.39 Å². The molecule has 0 aromatic carbocycles. The topological polar surface area (TPSA) is 110 Å². The molecular formula is C25H31FO7. The minimum absolute atomic E-state index is 0.00228. The second-order valence-electron chi connectivity index (χ2n) is 11.4. The van der Waals surface area contributed by atoms with Crippen LogP contribution < -0.4 is 0 Å². The molecule has 0 radical (unpaired) electrons. The van der Waals surface area contributed by atoms with Crippen LogP contribution in [-0.2, 0) is 23.9 Å². The smallest absolute Gasteiger partial charge is 0.375 e. The van der Waals surface area contributed by atoms with E-state index in [2.05, 4.69) is 0 Å². The van der Waals surface area contributed by atoms with Gasteiger partial charge in [0.25, 0.3) is 5.78 Å². The molecule has 2 N–H and O–H groups in total. The lowest BCUT2D eigenvalue weighted by atomic mass is 9.39. The number of carbonyl (C=O) groups excluding carboxylic acids is 2. The highest BCUT2D eigenvalue weighted by Gasteiger charge is 2.80. The summed E-state index contributed by atoms with van der Waals surface area (Å²) < 4.78 is 27.5. The number of alkyl halides is 1. The number of fused-ring (bicyclic) bond motifs is 7. The van der Waals surface area contributed by atoms with Crippen LogP contribution in [0.15, 0.2) is 23.8 Å². The van der Waals surface area contributed by atoms with Gasteiger partial charge in [-0.25, -0.2) is 4.79 Å². The van der Waals surface area contributed by atoms with Crippen molar-refractivity contribution in [1.29, 1.82) is 0 Å². The zero-order chi connectivity index (χ0) is 24.2. The van der Waals surface area contributed by atoms with Crippen molar-refractivity contribution in [3.8, 4) is 0 Å². The lowest BCUT2D eigenvalue weighted by Gasteiger charge is -2.65. The van der Waals surface area contributed by atoms with E-state index in [-0.39, 0.29) is 24.0 Å². The van der Waals surface area contributed by atoms with Gasteiger partial charge in [-0.2, -0.15) is 0 Å². The summed E-state index contributed by atoms with van der Waals surface area (Å²) in [5.41, 5.74) is -4.06. The van der Waals surface area contributed by atoms with Crippen LogP contribution in [0.4, 0.5) is 4.39 Å². The molecule has 4 aliphatic carbocycles. The molecule has 0 spiro atoms. The molecule has 1 unspecified atom stereocenters. The van der Waals surface area contributed by atoms with Crippen LogP contribution in [0.3, 0.4) is 0 Å². The van der Waals surface area contributed by atoms with E-state index in [0.717, 1.165) is 5.57 Å². The first-order valence-electron chi connectivity index (χ1n) is 11.6. The quantitative estimate of drug-likeness (QED) is 0.621. The van der Waals surface area contributed by atoms with Gasteiger partial charge in [0, 0.05) is 16.2 Å². The van der Waals surface area contributed by atoms with Crippen LogP contribution in [-0.4, -0.2) is 58.0 Å². The Morgan fingerprint density at radius 2 is 1.91 bits per heavy atom. The number of carbonyl (C=O) groups is 3. The molecule has 0 aromatic heterocycles. The summed E-state index contributed by atoms with van der Waals surface area (Å²) in [7, 11) is 0. The number of allylic oxidation sites excluding steroid dienone is 4. The van der Waals surface area contributed by atoms with Crippen molar-refractivity contribution in [2.24, 2.45) is 28.1 Å². The van der Waals surface area contributed by atoms with Crippen LogP contribution in [0, 0.1) is 28.1 Å². The van der Waals surface area contributed by atoms with Gasteiger partial charge in [0.05, 0.1) is 18.9 Å². The molecule has 1 saturated heterocycles. The third-order valence-corrected chi connectivity index (χ3v) is 9.79. The van der Waals surface area contributed by atoms with Gasteiger partial charge in [-0.3, -0.25) is 14.0 Å². The Kier molecular flexibility index (Phi) is 4.58. The van der Waals surface area contributed by atoms with Crippen LogP contribution in [0.1, 0.15) is 53.4 Å². The van der Waals surface area contributed by atoms with Gasteiger partial charge in [-0.1, -0.05) is 25.5 Å². The summed E-state index contributed by atoms with van der Waals surface area (Å²) >= 11 is 0. The van der Waals surface area contributed by atoms with Crippen LogP contribution in [0.2, 0.25) is 0 Å². The van der Waals surface area contributed by atoms with Crippen LogP contribution in [0.5, 0.6) is 0 Å². The standard InChI is InChI=1S/C25H31FO7/c1-21(2)32-18-10-16-15-6-5-13-9-14(27)7-8-22(13,3)24(15,12-26)17(28)11-23(16,4)25(18,33-21)19(29)20(30)31/h7-9,15-18,28H,5-6,10-12H2,1-4H3,(H,30,31)/t15-,16?,17-,18+,22-,23-,24+,25-/m0/s1. The van der Waals surface area contributed by atoms with Gasteiger partial charge in [0.1, 0.15) is 0 Å². The Morgan fingerprint density at radius 3 is 2.55 bits per heavy atom. The molecule has 8 heteroatoms. The Hall–Kier alpha value is -1.90. The Labute approximate surface area is 192 Å². The minimum Gasteiger partial charge on any atom is -0.475 e. The highest BCUT2D eigenvalue weighted by molar-refractivity contribution is 6.36. The molecule has 8 atom stereocenters. The first-order chi connectivity index (χ1) is 15.3. The number of Topliss-reactive ketones (excluding diaryl/α,β-unsaturated/α-hetero) is 1. The molecule has 1 aliphatic heterocycles. The average Bonchev–Trinajstić information content (AvgIpc) is 3.13. The summed E-state index contributed by atoms with van der Waals surface area (Å²) in [6, 6.07) is 0. The van der Waals surface area contributed by atoms with Crippen molar-refractivity contribution >= 4 is 17.5 Å². The molecule has 180 valence electrons. The molecule has 0 bridgehead atoms. The monoisotopic (exact) mass is 462 g/mol. The van der Waals surface area contributed by atoms with E-state index in [1.54, 1.807) is 32.9 Å². The Bertz CT molecular complexity index is 1020. The maximum atomic E-state index is 15.2. The lowest BCUT2D eigenvalue weighted by molar-refractivity contribution is -0.246. The number of halogens is 1. The fraction of sp³-hybridized carbons (Fsp3) is 0.720. The van der Waals surface area contributed by atoms with Crippen molar-refractivity contribution in [2.75, 3.05) is 6.67 Å². The maximum absolute atomic E-state index is 15.2. The number of rotatable bonds is 3. The highest BCUT2D eigenvalue weighted by atomic mass is 19.1. The van der Waals surface area contributed by atoms with E-state index < -0.39 is 58.3 Å². The summed E-state index contributed by atoms with van der Waals surface area (Å²) in [4.78, 5) is 37.2. The summed E-state index contributed by atoms with van der Waals surface area (Å²) in [6.45, 7) is 6.17. The Balaban J connectivity index is 1.67. The summed E-state index contributed by atoms with van der Waals surface area (Å²) in [5, 5.41) is 21.4. The first-order valence-corrected chi connectivity index (χ1v) is 11.6. The zero-order valence-electron chi connectivity index (χ0n) is 19.4. The molecule has 0 aromatic rings. The van der Waals surface area contributed by atoms with Crippen molar-refractivity contribution in [3.05, 3.63) is 23.8 Å². The molecule has 3 saturated carbocycles. The fourth-order valence-corrected chi connectivity index (χ4v) is 8.42. The normalized spacial score (nSPS) is 49.5. The van der Waals surface area contributed by atoms with Crippen molar-refractivity contribution in [2.45, 2.75) is 77.0 Å². The third kappa shape index (κ3) is 2.47. The number of ketones is 2. The fourth-order valence-electron chi connectivity index (χ4n) is 8.42. The number of carboxylic acids is 1. The van der Waals surface area contributed by atoms with Crippen LogP contribution >= 0.6 is 0 Å². The van der Waals surface area contributed by atoms with Gasteiger partial charge in [-0.15, -0.1) is 0 Å². The lowest BCUT2D eigenvalue weighted by Crippen LogP contribution is -2.69. The predicted molar refractivity (Wildman–Crippen MR) is 114 cm³/mol. The third-order valence-electron chi connectivity index (χ3n) is 9.79. The second-order valence-corrected chi connectivity index (χ2v) is 11.4. The van der Waals surface area contributed by atoms with E-state index in [1.165, 1.54) is 6.08 Å². The minimum atomic E-state index is -1.76. The number of hydrogen-bond donors (Lipinski definition) is 2. The van der Waals surface area contributed by atoms with E-state index in [9.17, 15) is 24.6 Å². The SMILES string of the molecule is CC1(C)O[C@@H]2CC3[C@@H]4CCC5=CC(=O)C=C[C@]5(C)[C@@]4(CF)[C@@H](O)C[C@]3(C)[C@]2(C(=O)C(=O)O)O1. The van der Waals surface area contributed by atoms with E-state index in [4.69, 9.17) is 9.47 Å². The number of hydrogen-bond acceptors (Lipinski definition) is 6. The maximum Gasteiger partial charge on any atom is 0.375 e. The first kappa shape index (κ1) is 22.9. The summed E-state index contributed by atoms with van der Waals surface area (Å²) in [5.74, 6) is -4.63. The molecule has 5 rings (SSSR count). The molecule has 1 heterocycles. The van der Waals surface area contributed by atoms with Gasteiger partial charge in [0.2, 0.25) is 0 Å². The van der Waals surface area contributed by atoms with Crippen molar-refractivity contribution in [3.63, 3.8) is 0 Å². The number of aliphatic carboxylic acids is 1. The predicted octanol–water partition coefficient (Wildman–Crippen LogP) is 2.76. The molecule has 7 nitrogen and oxygen atoms in total. The van der Waals surface area contributed by atoms with Crippen molar-refractivity contribution in [1.82, 2.24) is 0 Å². The average molecular weight is 463 g/mol. The van der Waals surface area contributed by atoms with Gasteiger partial charge >= 0.3 is 5.97 Å². The van der Waals surface area contributed by atoms with E-state index in [0.29, 0.717) is 19.3 Å².